The van der Waals surface area contributed by atoms with Crippen molar-refractivity contribution in [1.82, 2.24) is 20.4 Å². The molecule has 2 rings (SSSR count). The highest BCUT2D eigenvalue weighted by Gasteiger charge is 2.29. The molecule has 0 bridgehead atoms. The van der Waals surface area contributed by atoms with Crippen LogP contribution in [0.25, 0.3) is 0 Å². The molecule has 0 spiro atoms. The van der Waals surface area contributed by atoms with Crippen molar-refractivity contribution in [2.75, 3.05) is 32.8 Å². The molecule has 1 aliphatic carbocycles. The molecular formula is C16H28N4O4. The van der Waals surface area contributed by atoms with Gasteiger partial charge in [-0.25, -0.2) is 9.59 Å². The fraction of sp³-hybridized carbons (Fsp3) is 0.812. The van der Waals surface area contributed by atoms with Crippen molar-refractivity contribution in [2.24, 2.45) is 0 Å². The minimum absolute atomic E-state index is 0.182. The van der Waals surface area contributed by atoms with Gasteiger partial charge in [-0.1, -0.05) is 12.8 Å². The molecular weight excluding hydrogens is 312 g/mol. The van der Waals surface area contributed by atoms with Gasteiger partial charge in [0, 0.05) is 32.2 Å². The van der Waals surface area contributed by atoms with E-state index in [4.69, 9.17) is 4.74 Å². The van der Waals surface area contributed by atoms with Crippen molar-refractivity contribution in [1.29, 1.82) is 0 Å². The van der Waals surface area contributed by atoms with Crippen LogP contribution in [0.3, 0.4) is 0 Å². The highest BCUT2D eigenvalue weighted by atomic mass is 16.6. The Hall–Kier alpha value is -1.83. The Balaban J connectivity index is 1.73. The number of carbonyl (C=O) groups excluding carboxylic acids is 3. The van der Waals surface area contributed by atoms with Crippen molar-refractivity contribution in [3.05, 3.63) is 0 Å². The summed E-state index contributed by atoms with van der Waals surface area (Å²) in [6.45, 7) is 6.11. The van der Waals surface area contributed by atoms with Gasteiger partial charge in [0.05, 0.1) is 12.6 Å². The van der Waals surface area contributed by atoms with Crippen LogP contribution in [0, 0.1) is 0 Å². The first-order valence-corrected chi connectivity index (χ1v) is 8.78. The molecule has 0 aromatic rings. The van der Waals surface area contributed by atoms with E-state index >= 15 is 0 Å². The topological polar surface area (TPSA) is 91.0 Å². The molecule has 136 valence electrons. The molecule has 2 fully saturated rings. The van der Waals surface area contributed by atoms with Crippen molar-refractivity contribution in [2.45, 2.75) is 51.6 Å². The van der Waals surface area contributed by atoms with Crippen LogP contribution in [0.15, 0.2) is 0 Å². The molecule has 1 atom stereocenters. The van der Waals surface area contributed by atoms with E-state index in [-0.39, 0.29) is 18.0 Å². The second-order valence-corrected chi connectivity index (χ2v) is 6.34. The normalized spacial score (nSPS) is 20.5. The van der Waals surface area contributed by atoms with E-state index in [1.54, 1.807) is 18.7 Å². The number of imide groups is 1. The number of rotatable bonds is 4. The SMILES string of the molecule is CCOC(=O)N1CCN([C@@H](C)C(=O)NC(=O)NC2CCCC2)CC1. The lowest BCUT2D eigenvalue weighted by molar-refractivity contribution is -0.125. The van der Waals surface area contributed by atoms with Crippen LogP contribution in [0.1, 0.15) is 39.5 Å². The predicted octanol–water partition coefficient (Wildman–Crippen LogP) is 0.917. The molecule has 1 aliphatic heterocycles. The molecule has 4 amide bonds. The van der Waals surface area contributed by atoms with Gasteiger partial charge in [-0.15, -0.1) is 0 Å². The first kappa shape index (κ1) is 18.5. The maximum absolute atomic E-state index is 12.2. The zero-order valence-electron chi connectivity index (χ0n) is 14.5. The Bertz CT molecular complexity index is 457. The van der Waals surface area contributed by atoms with Gasteiger partial charge in [-0.05, 0) is 26.7 Å². The minimum Gasteiger partial charge on any atom is -0.450 e. The summed E-state index contributed by atoms with van der Waals surface area (Å²) in [4.78, 5) is 39.4. The van der Waals surface area contributed by atoms with Gasteiger partial charge < -0.3 is 15.0 Å². The largest absolute Gasteiger partial charge is 0.450 e. The van der Waals surface area contributed by atoms with Crippen LogP contribution in [-0.2, 0) is 9.53 Å². The Morgan fingerprint density at radius 3 is 2.33 bits per heavy atom. The number of piperazine rings is 1. The summed E-state index contributed by atoms with van der Waals surface area (Å²) in [6, 6.07) is -0.645. The van der Waals surface area contributed by atoms with Crippen molar-refractivity contribution in [3.8, 4) is 0 Å². The van der Waals surface area contributed by atoms with Crippen LogP contribution in [0.2, 0.25) is 0 Å². The first-order chi connectivity index (χ1) is 11.5. The fourth-order valence-electron chi connectivity index (χ4n) is 3.18. The third-order valence-electron chi connectivity index (χ3n) is 4.69. The first-order valence-electron chi connectivity index (χ1n) is 8.78. The summed E-state index contributed by atoms with van der Waals surface area (Å²) >= 11 is 0. The number of hydrogen-bond donors (Lipinski definition) is 2. The number of nitrogens with zero attached hydrogens (tertiary/aromatic N) is 2. The van der Waals surface area contributed by atoms with Gasteiger partial charge >= 0.3 is 12.1 Å². The standard InChI is InChI=1S/C16H28N4O4/c1-3-24-16(23)20-10-8-19(9-11-20)12(2)14(21)18-15(22)17-13-6-4-5-7-13/h12-13H,3-11H2,1-2H3,(H2,17,18,21,22)/t12-/m0/s1. The van der Waals surface area contributed by atoms with Crippen LogP contribution in [0.5, 0.6) is 0 Å². The summed E-state index contributed by atoms with van der Waals surface area (Å²) in [5.74, 6) is -0.310. The van der Waals surface area contributed by atoms with Gasteiger partial charge in [0.2, 0.25) is 5.91 Å². The van der Waals surface area contributed by atoms with E-state index in [1.165, 1.54) is 0 Å². The lowest BCUT2D eigenvalue weighted by Crippen LogP contribution is -2.56. The molecule has 1 saturated carbocycles. The van der Waals surface area contributed by atoms with E-state index in [0.29, 0.717) is 32.8 Å². The molecule has 0 radical (unpaired) electrons. The van der Waals surface area contributed by atoms with Crippen molar-refractivity contribution < 1.29 is 19.1 Å². The van der Waals surface area contributed by atoms with E-state index < -0.39 is 12.1 Å². The summed E-state index contributed by atoms with van der Waals surface area (Å²) < 4.78 is 4.98. The average Bonchev–Trinajstić information content (AvgIpc) is 3.07. The Morgan fingerprint density at radius 1 is 1.12 bits per heavy atom. The molecule has 2 aliphatic rings. The van der Waals surface area contributed by atoms with Crippen LogP contribution < -0.4 is 10.6 Å². The minimum atomic E-state index is -0.413. The van der Waals surface area contributed by atoms with Gasteiger partial charge in [0.15, 0.2) is 0 Å². The monoisotopic (exact) mass is 340 g/mol. The number of ether oxygens (including phenoxy) is 1. The van der Waals surface area contributed by atoms with Crippen LogP contribution in [-0.4, -0.2) is 72.7 Å². The number of amides is 4. The molecule has 1 heterocycles. The summed E-state index contributed by atoms with van der Waals surface area (Å²) in [5.41, 5.74) is 0. The summed E-state index contributed by atoms with van der Waals surface area (Å²) in [7, 11) is 0. The fourth-order valence-corrected chi connectivity index (χ4v) is 3.18. The van der Waals surface area contributed by atoms with Crippen LogP contribution >= 0.6 is 0 Å². The quantitative estimate of drug-likeness (QED) is 0.794. The van der Waals surface area contributed by atoms with E-state index in [2.05, 4.69) is 10.6 Å². The van der Waals surface area contributed by atoms with Gasteiger partial charge in [-0.3, -0.25) is 15.0 Å². The van der Waals surface area contributed by atoms with E-state index in [1.807, 2.05) is 4.90 Å². The molecule has 8 heteroatoms. The molecule has 0 aromatic carbocycles. The lowest BCUT2D eigenvalue weighted by atomic mass is 10.2. The average molecular weight is 340 g/mol. The molecule has 24 heavy (non-hydrogen) atoms. The van der Waals surface area contributed by atoms with Gasteiger partial charge in [0.25, 0.3) is 0 Å². The second-order valence-electron chi connectivity index (χ2n) is 6.34. The second kappa shape index (κ2) is 8.86. The van der Waals surface area contributed by atoms with Gasteiger partial charge in [-0.2, -0.15) is 0 Å². The predicted molar refractivity (Wildman–Crippen MR) is 88.6 cm³/mol. The Morgan fingerprint density at radius 2 is 1.75 bits per heavy atom. The smallest absolute Gasteiger partial charge is 0.409 e. The highest BCUT2D eigenvalue weighted by molar-refractivity contribution is 5.96. The molecule has 8 nitrogen and oxygen atoms in total. The molecule has 0 aromatic heterocycles. The van der Waals surface area contributed by atoms with Crippen molar-refractivity contribution >= 4 is 18.0 Å². The Labute approximate surface area is 142 Å². The summed E-state index contributed by atoms with van der Waals surface area (Å²) in [6.07, 6.45) is 3.89. The maximum atomic E-state index is 12.2. The molecule has 0 unspecified atom stereocenters. The molecule has 1 saturated heterocycles. The Kier molecular flexibility index (Phi) is 6.84. The molecule has 2 N–H and O–H groups in total. The number of carbonyl (C=O) groups is 3. The number of hydrogen-bond acceptors (Lipinski definition) is 5. The third kappa shape index (κ3) is 5.09. The van der Waals surface area contributed by atoms with E-state index in [9.17, 15) is 14.4 Å². The lowest BCUT2D eigenvalue weighted by Gasteiger charge is -2.36. The maximum Gasteiger partial charge on any atom is 0.409 e. The zero-order valence-corrected chi connectivity index (χ0v) is 14.5. The zero-order chi connectivity index (χ0) is 17.5. The summed E-state index contributed by atoms with van der Waals surface area (Å²) in [5, 5.41) is 5.27. The van der Waals surface area contributed by atoms with Gasteiger partial charge in [0.1, 0.15) is 0 Å². The van der Waals surface area contributed by atoms with E-state index in [0.717, 1.165) is 25.7 Å². The third-order valence-corrected chi connectivity index (χ3v) is 4.69. The van der Waals surface area contributed by atoms with Crippen molar-refractivity contribution in [3.63, 3.8) is 0 Å². The number of nitrogens with one attached hydrogen (secondary N) is 2. The van der Waals surface area contributed by atoms with Crippen LogP contribution in [0.4, 0.5) is 9.59 Å². The number of urea groups is 1. The highest BCUT2D eigenvalue weighted by Crippen LogP contribution is 2.17.